The van der Waals surface area contributed by atoms with Gasteiger partial charge in [0.2, 0.25) is 5.56 Å². The maximum Gasteiger partial charge on any atom is 0.336 e. The molecule has 0 fully saturated rings. The Hall–Kier alpha value is -1.03. The first-order chi connectivity index (χ1) is 4.88. The summed E-state index contributed by atoms with van der Waals surface area (Å²) in [5, 5.41) is 0. The van der Waals surface area contributed by atoms with Crippen LogP contribution in [-0.2, 0) is 11.3 Å². The van der Waals surface area contributed by atoms with Crippen LogP contribution in [0.1, 0.15) is 5.56 Å². The highest BCUT2D eigenvalue weighted by molar-refractivity contribution is 6.48. The fourth-order valence-electron chi connectivity index (χ4n) is 1.00. The van der Waals surface area contributed by atoms with Crippen LogP contribution in [0.4, 0.5) is 0 Å². The van der Waals surface area contributed by atoms with Crippen LogP contribution in [0.15, 0.2) is 17.1 Å². The van der Waals surface area contributed by atoms with Crippen molar-refractivity contribution in [2.24, 2.45) is 0 Å². The minimum atomic E-state index is -0.0741. The first-order valence-corrected chi connectivity index (χ1v) is 3.03. The Morgan fingerprint density at radius 3 is 3.40 bits per heavy atom. The second kappa shape index (κ2) is 1.99. The predicted molar refractivity (Wildman–Crippen MR) is 37.2 cm³/mol. The average Bonchev–Trinajstić information content (AvgIpc) is 2.36. The van der Waals surface area contributed by atoms with E-state index in [4.69, 9.17) is 4.65 Å². The number of aromatic amines is 1. The van der Waals surface area contributed by atoms with E-state index in [1.54, 1.807) is 6.20 Å². The lowest BCUT2D eigenvalue weighted by Crippen LogP contribution is -2.31. The second-order valence-electron chi connectivity index (χ2n) is 2.17. The van der Waals surface area contributed by atoms with Gasteiger partial charge in [0.25, 0.3) is 0 Å². The van der Waals surface area contributed by atoms with Crippen LogP contribution in [0.25, 0.3) is 0 Å². The number of pyridine rings is 1. The Morgan fingerprint density at radius 2 is 2.60 bits per heavy atom. The summed E-state index contributed by atoms with van der Waals surface area (Å²) >= 11 is 0. The summed E-state index contributed by atoms with van der Waals surface area (Å²) in [6.45, 7) is 0.527. The van der Waals surface area contributed by atoms with Crippen molar-refractivity contribution in [3.63, 3.8) is 0 Å². The summed E-state index contributed by atoms with van der Waals surface area (Å²) in [5.74, 6) is 0. The van der Waals surface area contributed by atoms with Crippen molar-refractivity contribution in [2.75, 3.05) is 0 Å². The van der Waals surface area contributed by atoms with Gasteiger partial charge < -0.3 is 9.64 Å². The highest BCUT2D eigenvalue weighted by Crippen LogP contribution is 1.99. The molecule has 0 aromatic carbocycles. The van der Waals surface area contributed by atoms with E-state index in [9.17, 15) is 4.79 Å². The lowest BCUT2D eigenvalue weighted by atomic mass is 9.89. The van der Waals surface area contributed by atoms with Gasteiger partial charge in [0.15, 0.2) is 0 Å². The van der Waals surface area contributed by atoms with E-state index >= 15 is 0 Å². The molecule has 4 heteroatoms. The Balaban J connectivity index is 2.70. The number of nitrogens with one attached hydrogen (secondary N) is 1. The lowest BCUT2D eigenvalue weighted by Gasteiger charge is -1.90. The zero-order valence-corrected chi connectivity index (χ0v) is 5.26. The molecule has 1 aromatic heterocycles. The van der Waals surface area contributed by atoms with E-state index in [1.807, 2.05) is 6.07 Å². The third kappa shape index (κ3) is 0.692. The Labute approximate surface area is 58.3 Å². The molecule has 2 heterocycles. The summed E-state index contributed by atoms with van der Waals surface area (Å²) in [6, 6.07) is 1.85. The van der Waals surface area contributed by atoms with Gasteiger partial charge >= 0.3 is 7.48 Å². The fourth-order valence-corrected chi connectivity index (χ4v) is 1.00. The highest BCUT2D eigenvalue weighted by atomic mass is 16.4. The van der Waals surface area contributed by atoms with Gasteiger partial charge in [-0.1, -0.05) is 0 Å². The molecular weight excluding hydrogens is 129 g/mol. The Kier molecular flexibility index (Phi) is 1.14. The molecule has 0 bridgehead atoms. The van der Waals surface area contributed by atoms with Gasteiger partial charge in [-0.25, -0.2) is 0 Å². The van der Waals surface area contributed by atoms with Crippen molar-refractivity contribution in [3.8, 4) is 0 Å². The molecule has 0 unspecified atom stereocenters. The quantitative estimate of drug-likeness (QED) is 0.469. The molecule has 2 rings (SSSR count). The minimum absolute atomic E-state index is 0.0741. The largest absolute Gasteiger partial charge is 0.430 e. The van der Waals surface area contributed by atoms with Gasteiger partial charge in [0.1, 0.15) is 0 Å². The molecule has 0 saturated heterocycles. The molecular formula is C6H5BNO2. The molecule has 1 N–H and O–H groups in total. The molecule has 0 amide bonds. The predicted octanol–water partition coefficient (Wildman–Crippen LogP) is -0.850. The van der Waals surface area contributed by atoms with E-state index in [0.29, 0.717) is 12.1 Å². The number of hydrogen-bond acceptors (Lipinski definition) is 2. The first-order valence-electron chi connectivity index (χ1n) is 3.03. The fraction of sp³-hybridized carbons (Fsp3) is 0.167. The number of fused-ring (bicyclic) bond motifs is 1. The Morgan fingerprint density at radius 1 is 1.70 bits per heavy atom. The van der Waals surface area contributed by atoms with Crippen LogP contribution in [-0.4, -0.2) is 12.5 Å². The third-order valence-electron chi connectivity index (χ3n) is 1.53. The molecule has 10 heavy (non-hydrogen) atoms. The van der Waals surface area contributed by atoms with Crippen molar-refractivity contribution in [3.05, 3.63) is 28.2 Å². The second-order valence-corrected chi connectivity index (χ2v) is 2.17. The SMILES string of the molecule is O=c1[nH]ccc2c1[B]OC2. The van der Waals surface area contributed by atoms with Crippen LogP contribution in [0.5, 0.6) is 0 Å². The van der Waals surface area contributed by atoms with Gasteiger partial charge in [0.05, 0.1) is 6.61 Å². The summed E-state index contributed by atoms with van der Waals surface area (Å²) < 4.78 is 4.95. The number of H-pyrrole nitrogens is 1. The minimum Gasteiger partial charge on any atom is -0.430 e. The molecule has 0 saturated carbocycles. The van der Waals surface area contributed by atoms with Crippen LogP contribution in [0.3, 0.4) is 0 Å². The molecule has 1 aromatic rings. The summed E-state index contributed by atoms with van der Waals surface area (Å²) in [7, 11) is 1.49. The smallest absolute Gasteiger partial charge is 0.336 e. The zero-order chi connectivity index (χ0) is 6.97. The van der Waals surface area contributed by atoms with Gasteiger partial charge in [-0.05, 0) is 11.6 Å². The van der Waals surface area contributed by atoms with E-state index in [0.717, 1.165) is 5.56 Å². The van der Waals surface area contributed by atoms with Crippen molar-refractivity contribution in [2.45, 2.75) is 6.61 Å². The van der Waals surface area contributed by atoms with Crippen LogP contribution in [0, 0.1) is 0 Å². The van der Waals surface area contributed by atoms with Gasteiger partial charge in [-0.15, -0.1) is 0 Å². The van der Waals surface area contributed by atoms with Crippen LogP contribution >= 0.6 is 0 Å². The normalized spacial score (nSPS) is 14.4. The van der Waals surface area contributed by atoms with Crippen molar-refractivity contribution >= 4 is 12.9 Å². The third-order valence-corrected chi connectivity index (χ3v) is 1.53. The standard InChI is InChI=1S/C6H5BNO2/c9-6-5-4(1-2-8-6)3-10-7-5/h1-2H,3H2,(H,8,9). The van der Waals surface area contributed by atoms with Crippen molar-refractivity contribution < 1.29 is 4.65 Å². The molecule has 0 aliphatic carbocycles. The maximum atomic E-state index is 10.9. The summed E-state index contributed by atoms with van der Waals surface area (Å²) in [5.41, 5.74) is 1.54. The summed E-state index contributed by atoms with van der Waals surface area (Å²) in [6.07, 6.45) is 1.63. The monoisotopic (exact) mass is 134 g/mol. The van der Waals surface area contributed by atoms with Crippen molar-refractivity contribution in [1.29, 1.82) is 0 Å². The van der Waals surface area contributed by atoms with Gasteiger partial charge in [0, 0.05) is 11.7 Å². The number of rotatable bonds is 0. The number of aromatic nitrogens is 1. The highest BCUT2D eigenvalue weighted by Gasteiger charge is 2.15. The van der Waals surface area contributed by atoms with E-state index in [2.05, 4.69) is 4.98 Å². The first kappa shape index (κ1) is 5.74. The van der Waals surface area contributed by atoms with E-state index in [-0.39, 0.29) is 5.56 Å². The van der Waals surface area contributed by atoms with Crippen molar-refractivity contribution in [1.82, 2.24) is 4.98 Å². The topological polar surface area (TPSA) is 42.1 Å². The Bertz CT molecular complexity index is 307. The molecule has 49 valence electrons. The average molecular weight is 134 g/mol. The lowest BCUT2D eigenvalue weighted by molar-refractivity contribution is 0.345. The summed E-state index contributed by atoms with van der Waals surface area (Å²) in [4.78, 5) is 13.5. The zero-order valence-electron chi connectivity index (χ0n) is 5.26. The van der Waals surface area contributed by atoms with E-state index < -0.39 is 0 Å². The molecule has 3 nitrogen and oxygen atoms in total. The molecule has 0 atom stereocenters. The molecule has 0 spiro atoms. The van der Waals surface area contributed by atoms with Gasteiger partial charge in [-0.3, -0.25) is 4.79 Å². The molecule has 1 aliphatic rings. The maximum absolute atomic E-state index is 10.9. The van der Waals surface area contributed by atoms with Crippen LogP contribution < -0.4 is 11.0 Å². The van der Waals surface area contributed by atoms with E-state index in [1.165, 1.54) is 7.48 Å². The van der Waals surface area contributed by atoms with Gasteiger partial charge in [-0.2, -0.15) is 0 Å². The number of hydrogen-bond donors (Lipinski definition) is 1. The molecule has 1 aliphatic heterocycles. The van der Waals surface area contributed by atoms with Crippen LogP contribution in [0.2, 0.25) is 0 Å². The molecule has 1 radical (unpaired) electrons.